The number of hydrogen-bond acceptors (Lipinski definition) is 4. The molecule has 0 fully saturated rings. The minimum absolute atomic E-state index is 0.0516. The average Bonchev–Trinajstić information content (AvgIpc) is 3.29. The normalized spacial score (nSPS) is 18.8. The van der Waals surface area contributed by atoms with Crippen LogP contribution < -0.4 is 5.43 Å². The molecule has 0 spiro atoms. The van der Waals surface area contributed by atoms with Crippen LogP contribution in [0, 0.1) is 11.2 Å². The van der Waals surface area contributed by atoms with Gasteiger partial charge in [0, 0.05) is 35.1 Å². The molecule has 1 unspecified atom stereocenters. The first-order valence-corrected chi connectivity index (χ1v) is 8.89. The molecule has 8 heteroatoms. The first-order chi connectivity index (χ1) is 13.3. The molecule has 0 bridgehead atoms. The molecule has 2 aliphatic heterocycles. The minimum atomic E-state index is -2.80. The standard InChI is InChI=1S/C20H20F3N5/c1-20(2,3)19-27-26-15-5-4-11(10-28(15)19)13-8-12(21)9-14(16(13)17(22)23)18-24-6-7-25-18/h4-10,17,19,27H,1-3H3,(H,24,25). The highest BCUT2D eigenvalue weighted by Crippen LogP contribution is 2.39. The number of amidine groups is 1. The van der Waals surface area contributed by atoms with Crippen molar-refractivity contribution < 1.29 is 13.2 Å². The van der Waals surface area contributed by atoms with Crippen molar-refractivity contribution in [3.05, 3.63) is 59.8 Å². The summed E-state index contributed by atoms with van der Waals surface area (Å²) in [6, 6.07) is 2.22. The number of fused-ring (bicyclic) bond motifs is 1. The number of rotatable bonds is 3. The molecule has 0 radical (unpaired) electrons. The van der Waals surface area contributed by atoms with E-state index >= 15 is 0 Å². The predicted molar refractivity (Wildman–Crippen MR) is 102 cm³/mol. The second-order valence-corrected chi connectivity index (χ2v) is 7.85. The highest BCUT2D eigenvalue weighted by Gasteiger charge is 2.36. The van der Waals surface area contributed by atoms with Crippen LogP contribution in [0.3, 0.4) is 0 Å². The van der Waals surface area contributed by atoms with E-state index in [0.29, 0.717) is 11.4 Å². The molecule has 0 amide bonds. The lowest BCUT2D eigenvalue weighted by Gasteiger charge is -2.35. The van der Waals surface area contributed by atoms with E-state index in [0.717, 1.165) is 12.1 Å². The van der Waals surface area contributed by atoms with Gasteiger partial charge in [-0.25, -0.2) is 18.2 Å². The summed E-state index contributed by atoms with van der Waals surface area (Å²) in [7, 11) is 0. The summed E-state index contributed by atoms with van der Waals surface area (Å²) in [5.74, 6) is 0.283. The quantitative estimate of drug-likeness (QED) is 0.806. The highest BCUT2D eigenvalue weighted by molar-refractivity contribution is 6.01. The summed E-state index contributed by atoms with van der Waals surface area (Å²) in [5, 5.41) is 4.29. The summed E-state index contributed by atoms with van der Waals surface area (Å²) in [4.78, 5) is 8.69. The van der Waals surface area contributed by atoms with Crippen molar-refractivity contribution in [2.75, 3.05) is 0 Å². The van der Waals surface area contributed by atoms with Crippen molar-refractivity contribution in [2.24, 2.45) is 10.5 Å². The number of nitrogens with one attached hydrogen (secondary N) is 2. The van der Waals surface area contributed by atoms with Crippen molar-refractivity contribution in [1.29, 1.82) is 0 Å². The van der Waals surface area contributed by atoms with Crippen molar-refractivity contribution >= 4 is 11.4 Å². The number of nitrogens with zero attached hydrogens (tertiary/aromatic N) is 3. The zero-order valence-electron chi connectivity index (χ0n) is 15.7. The number of halogens is 3. The first kappa shape index (κ1) is 18.3. The first-order valence-electron chi connectivity index (χ1n) is 8.89. The number of allylic oxidation sites excluding steroid dienone is 2. The third kappa shape index (κ3) is 3.08. The molecular formula is C20H20F3N5. The van der Waals surface area contributed by atoms with Crippen LogP contribution in [0.4, 0.5) is 13.2 Å². The second-order valence-electron chi connectivity index (χ2n) is 7.85. The van der Waals surface area contributed by atoms with Gasteiger partial charge in [-0.2, -0.15) is 5.10 Å². The fourth-order valence-corrected chi connectivity index (χ4v) is 3.47. The van der Waals surface area contributed by atoms with Gasteiger partial charge in [0.25, 0.3) is 6.43 Å². The molecule has 4 rings (SSSR count). The van der Waals surface area contributed by atoms with Gasteiger partial charge in [0.05, 0.1) is 0 Å². The maximum Gasteiger partial charge on any atom is 0.265 e. The lowest BCUT2D eigenvalue weighted by Crippen LogP contribution is -2.46. The Bertz CT molecular complexity index is 984. The summed E-state index contributed by atoms with van der Waals surface area (Å²) in [5.41, 5.74) is 3.33. The largest absolute Gasteiger partial charge is 0.345 e. The van der Waals surface area contributed by atoms with E-state index in [2.05, 4.69) is 41.3 Å². The van der Waals surface area contributed by atoms with E-state index in [1.54, 1.807) is 18.4 Å². The summed E-state index contributed by atoms with van der Waals surface area (Å²) in [6.45, 7) is 6.16. The van der Waals surface area contributed by atoms with E-state index in [1.165, 1.54) is 12.4 Å². The van der Waals surface area contributed by atoms with Gasteiger partial charge in [-0.1, -0.05) is 20.8 Å². The van der Waals surface area contributed by atoms with Crippen LogP contribution in [0.25, 0.3) is 17.0 Å². The average molecular weight is 387 g/mol. The smallest absolute Gasteiger partial charge is 0.265 e. The Morgan fingerprint density at radius 2 is 1.89 bits per heavy atom. The van der Waals surface area contributed by atoms with Gasteiger partial charge in [-0.15, -0.1) is 0 Å². The number of alkyl halides is 2. The maximum absolute atomic E-state index is 14.4. The molecule has 0 saturated carbocycles. The molecule has 2 N–H and O–H groups in total. The Morgan fingerprint density at radius 1 is 1.14 bits per heavy atom. The van der Waals surface area contributed by atoms with Crippen LogP contribution in [0.2, 0.25) is 0 Å². The molecule has 1 aromatic carbocycles. The van der Waals surface area contributed by atoms with Crippen molar-refractivity contribution in [3.8, 4) is 11.4 Å². The van der Waals surface area contributed by atoms with Gasteiger partial charge in [0.1, 0.15) is 17.8 Å². The minimum Gasteiger partial charge on any atom is -0.345 e. The highest BCUT2D eigenvalue weighted by atomic mass is 19.3. The van der Waals surface area contributed by atoms with E-state index < -0.39 is 12.2 Å². The van der Waals surface area contributed by atoms with Crippen molar-refractivity contribution in [3.63, 3.8) is 0 Å². The van der Waals surface area contributed by atoms with E-state index in [9.17, 15) is 13.2 Å². The molecular weight excluding hydrogens is 367 g/mol. The van der Waals surface area contributed by atoms with Crippen LogP contribution in [0.1, 0.15) is 38.3 Å². The Kier molecular flexibility index (Phi) is 4.28. The molecule has 2 aromatic rings. The Hall–Kier alpha value is -3.03. The third-order valence-corrected chi connectivity index (χ3v) is 4.78. The number of imidazole rings is 1. The van der Waals surface area contributed by atoms with Gasteiger partial charge >= 0.3 is 0 Å². The Labute approximate surface area is 160 Å². The van der Waals surface area contributed by atoms with Crippen LogP contribution in [0.15, 0.2) is 48.0 Å². The van der Waals surface area contributed by atoms with Gasteiger partial charge in [-0.05, 0) is 35.4 Å². The molecule has 0 aliphatic carbocycles. The zero-order chi connectivity index (χ0) is 20.1. The van der Waals surface area contributed by atoms with Gasteiger partial charge in [0.15, 0.2) is 5.84 Å². The van der Waals surface area contributed by atoms with E-state index in [-0.39, 0.29) is 34.1 Å². The number of hydrazone groups is 1. The number of aromatic nitrogens is 2. The van der Waals surface area contributed by atoms with Crippen LogP contribution in [-0.2, 0) is 0 Å². The molecule has 2 aliphatic rings. The summed E-state index contributed by atoms with van der Waals surface area (Å²) in [6.07, 6.45) is 5.17. The monoisotopic (exact) mass is 387 g/mol. The molecule has 3 heterocycles. The number of H-pyrrole nitrogens is 1. The Morgan fingerprint density at radius 3 is 2.54 bits per heavy atom. The predicted octanol–water partition coefficient (Wildman–Crippen LogP) is 4.66. The number of benzene rings is 1. The van der Waals surface area contributed by atoms with E-state index in [4.69, 9.17) is 0 Å². The number of aromatic amines is 1. The maximum atomic E-state index is 14.4. The van der Waals surface area contributed by atoms with Gasteiger partial charge < -0.3 is 9.88 Å². The lowest BCUT2D eigenvalue weighted by molar-refractivity contribution is 0.151. The second kappa shape index (κ2) is 6.54. The summed E-state index contributed by atoms with van der Waals surface area (Å²) < 4.78 is 42.4. The van der Waals surface area contributed by atoms with Crippen LogP contribution >= 0.6 is 0 Å². The topological polar surface area (TPSA) is 56.3 Å². The van der Waals surface area contributed by atoms with Crippen LogP contribution in [0.5, 0.6) is 0 Å². The molecule has 5 nitrogen and oxygen atoms in total. The molecule has 28 heavy (non-hydrogen) atoms. The SMILES string of the molecule is CC(C)(C)C1NN=C2C=CC(c3cc(F)cc(-c4ncc[nH]4)c3C(F)F)=CN21. The molecule has 1 atom stereocenters. The fraction of sp³-hybridized carbons (Fsp3) is 0.300. The Balaban J connectivity index is 1.85. The van der Waals surface area contributed by atoms with Crippen LogP contribution in [-0.4, -0.2) is 26.9 Å². The summed E-state index contributed by atoms with van der Waals surface area (Å²) >= 11 is 0. The molecule has 146 valence electrons. The van der Waals surface area contributed by atoms with Crippen molar-refractivity contribution in [1.82, 2.24) is 20.3 Å². The van der Waals surface area contributed by atoms with E-state index in [1.807, 2.05) is 4.90 Å². The third-order valence-electron chi connectivity index (χ3n) is 4.78. The fourth-order valence-electron chi connectivity index (χ4n) is 3.47. The zero-order valence-corrected chi connectivity index (χ0v) is 15.7. The lowest BCUT2D eigenvalue weighted by atomic mass is 9.90. The number of hydrogen-bond donors (Lipinski definition) is 2. The van der Waals surface area contributed by atoms with Crippen molar-refractivity contribution in [2.45, 2.75) is 33.4 Å². The van der Waals surface area contributed by atoms with Gasteiger partial charge in [0.2, 0.25) is 0 Å². The molecule has 1 aromatic heterocycles. The molecule has 0 saturated heterocycles. The van der Waals surface area contributed by atoms with Gasteiger partial charge in [-0.3, -0.25) is 5.43 Å².